The molecule has 0 aliphatic rings. The van der Waals surface area contributed by atoms with E-state index in [0.717, 1.165) is 4.57 Å². The first-order valence-corrected chi connectivity index (χ1v) is 8.50. The fraction of sp³-hybridized carbons (Fsp3) is 0.353. The molecule has 3 aromatic rings. The predicted molar refractivity (Wildman–Crippen MR) is 101 cm³/mol. The molecule has 2 aromatic heterocycles. The van der Waals surface area contributed by atoms with Crippen molar-refractivity contribution in [1.82, 2.24) is 18.7 Å². The van der Waals surface area contributed by atoms with E-state index in [9.17, 15) is 14.7 Å². The van der Waals surface area contributed by atoms with Crippen molar-refractivity contribution in [2.45, 2.75) is 19.5 Å². The van der Waals surface area contributed by atoms with Gasteiger partial charge in [0.2, 0.25) is 5.95 Å². The Bertz CT molecular complexity index is 1080. The molecule has 0 radical (unpaired) electrons. The lowest BCUT2D eigenvalue weighted by Crippen LogP contribution is -2.39. The maximum atomic E-state index is 13.0. The van der Waals surface area contributed by atoms with Gasteiger partial charge in [0.05, 0.1) is 13.2 Å². The van der Waals surface area contributed by atoms with Gasteiger partial charge >= 0.3 is 5.69 Å². The largest absolute Gasteiger partial charge is 0.394 e. The molecule has 1 atom stereocenters. The van der Waals surface area contributed by atoms with E-state index in [1.165, 1.54) is 4.57 Å². The number of halogens is 1. The maximum Gasteiger partial charge on any atom is 0.332 e. The molecule has 0 spiro atoms. The molecule has 0 fully saturated rings. The third kappa shape index (κ3) is 3.02. The molecule has 8 nitrogen and oxygen atoms in total. The van der Waals surface area contributed by atoms with E-state index < -0.39 is 11.2 Å². The van der Waals surface area contributed by atoms with Crippen molar-refractivity contribution in [3.05, 3.63) is 55.7 Å². The summed E-state index contributed by atoms with van der Waals surface area (Å²) in [5.41, 5.74) is 0.351. The summed E-state index contributed by atoms with van der Waals surface area (Å²) >= 11 is 6.17. The van der Waals surface area contributed by atoms with Crippen LogP contribution in [0.3, 0.4) is 0 Å². The summed E-state index contributed by atoms with van der Waals surface area (Å²) in [6.45, 7) is 1.77. The normalized spacial score (nSPS) is 12.5. The summed E-state index contributed by atoms with van der Waals surface area (Å²) < 4.78 is 4.07. The molecule has 26 heavy (non-hydrogen) atoms. The summed E-state index contributed by atoms with van der Waals surface area (Å²) in [5.74, 6) is 0.407. The molecule has 0 amide bonds. The fourth-order valence-corrected chi connectivity index (χ4v) is 2.97. The van der Waals surface area contributed by atoms with Crippen molar-refractivity contribution in [1.29, 1.82) is 0 Å². The highest BCUT2D eigenvalue weighted by Crippen LogP contribution is 2.17. The fourth-order valence-electron chi connectivity index (χ4n) is 2.78. The number of hydrogen-bond donors (Lipinski definition) is 2. The van der Waals surface area contributed by atoms with Gasteiger partial charge in [-0.2, -0.15) is 4.98 Å². The second kappa shape index (κ2) is 6.97. The number of aryl methyl sites for hydroxylation is 2. The Hall–Kier alpha value is -2.58. The molecular weight excluding hydrogens is 358 g/mol. The van der Waals surface area contributed by atoms with E-state index >= 15 is 0 Å². The van der Waals surface area contributed by atoms with Gasteiger partial charge in [-0.05, 0) is 18.6 Å². The molecular formula is C17H20ClN5O3. The van der Waals surface area contributed by atoms with E-state index in [0.29, 0.717) is 22.1 Å². The lowest BCUT2D eigenvalue weighted by Gasteiger charge is -2.11. The molecule has 2 heterocycles. The summed E-state index contributed by atoms with van der Waals surface area (Å²) in [7, 11) is 3.26. The molecule has 1 aromatic carbocycles. The Kier molecular flexibility index (Phi) is 4.88. The number of nitrogens with zero attached hydrogens (tertiary/aromatic N) is 4. The molecule has 0 saturated heterocycles. The first-order chi connectivity index (χ1) is 12.3. The van der Waals surface area contributed by atoms with Crippen LogP contribution in [0, 0.1) is 0 Å². The average Bonchev–Trinajstić information content (AvgIpc) is 2.95. The van der Waals surface area contributed by atoms with Gasteiger partial charge in [0.1, 0.15) is 0 Å². The van der Waals surface area contributed by atoms with E-state index in [4.69, 9.17) is 11.6 Å². The smallest absolute Gasteiger partial charge is 0.332 e. The summed E-state index contributed by atoms with van der Waals surface area (Å²) in [6.07, 6.45) is 0. The van der Waals surface area contributed by atoms with Gasteiger partial charge in [0.15, 0.2) is 11.2 Å². The van der Waals surface area contributed by atoms with Gasteiger partial charge in [-0.25, -0.2) is 4.79 Å². The van der Waals surface area contributed by atoms with Gasteiger partial charge in [0, 0.05) is 25.2 Å². The highest BCUT2D eigenvalue weighted by atomic mass is 35.5. The summed E-state index contributed by atoms with van der Waals surface area (Å²) in [5, 5.41) is 12.7. The summed E-state index contributed by atoms with van der Waals surface area (Å²) in [6, 6.07) is 6.84. The number of rotatable bonds is 5. The Morgan fingerprint density at radius 1 is 1.23 bits per heavy atom. The van der Waals surface area contributed by atoms with E-state index in [-0.39, 0.29) is 24.8 Å². The zero-order valence-corrected chi connectivity index (χ0v) is 15.5. The molecule has 0 bridgehead atoms. The minimum atomic E-state index is -0.470. The second-order valence-electron chi connectivity index (χ2n) is 6.22. The Balaban J connectivity index is 2.20. The summed E-state index contributed by atoms with van der Waals surface area (Å²) in [4.78, 5) is 30.0. The number of anilines is 1. The van der Waals surface area contributed by atoms with Crippen LogP contribution in [-0.2, 0) is 20.6 Å². The van der Waals surface area contributed by atoms with Gasteiger partial charge in [0.25, 0.3) is 5.56 Å². The van der Waals surface area contributed by atoms with Crippen molar-refractivity contribution < 1.29 is 5.11 Å². The maximum absolute atomic E-state index is 13.0. The number of aromatic nitrogens is 4. The molecule has 0 saturated carbocycles. The van der Waals surface area contributed by atoms with Gasteiger partial charge in [-0.3, -0.25) is 13.9 Å². The van der Waals surface area contributed by atoms with Crippen LogP contribution >= 0.6 is 11.6 Å². The van der Waals surface area contributed by atoms with Crippen LogP contribution in [-0.4, -0.2) is 36.4 Å². The molecule has 2 N–H and O–H groups in total. The molecule has 9 heteroatoms. The standard InChI is InChI=1S/C17H20ClN5O3/c1-10(9-24)19-16-20-14-13(21(16)2)15(25)23(17(26)22(14)3)8-11-6-4-5-7-12(11)18/h4-7,10,24H,8-9H2,1-3H3,(H,19,20). The number of aliphatic hydroxyl groups excluding tert-OH is 1. The minimum Gasteiger partial charge on any atom is -0.394 e. The van der Waals surface area contributed by atoms with Crippen LogP contribution in [0.1, 0.15) is 12.5 Å². The molecule has 3 rings (SSSR count). The Morgan fingerprint density at radius 2 is 1.92 bits per heavy atom. The van der Waals surface area contributed by atoms with Crippen molar-refractivity contribution in [2.24, 2.45) is 14.1 Å². The predicted octanol–water partition coefficient (Wildman–Crippen LogP) is 0.928. The van der Waals surface area contributed by atoms with Crippen LogP contribution in [0.15, 0.2) is 33.9 Å². The van der Waals surface area contributed by atoms with Gasteiger partial charge < -0.3 is 15.0 Å². The topological polar surface area (TPSA) is 94.1 Å². The van der Waals surface area contributed by atoms with Crippen molar-refractivity contribution in [3.8, 4) is 0 Å². The molecule has 0 aliphatic carbocycles. The first-order valence-electron chi connectivity index (χ1n) is 8.12. The second-order valence-corrected chi connectivity index (χ2v) is 6.63. The number of nitrogens with one attached hydrogen (secondary N) is 1. The zero-order valence-electron chi connectivity index (χ0n) is 14.7. The monoisotopic (exact) mass is 377 g/mol. The lowest BCUT2D eigenvalue weighted by atomic mass is 10.2. The van der Waals surface area contributed by atoms with E-state index in [1.54, 1.807) is 49.9 Å². The number of aliphatic hydroxyl groups is 1. The minimum absolute atomic E-state index is 0.0715. The van der Waals surface area contributed by atoms with Crippen LogP contribution < -0.4 is 16.6 Å². The third-order valence-electron chi connectivity index (χ3n) is 4.30. The van der Waals surface area contributed by atoms with Crippen LogP contribution in [0.4, 0.5) is 5.95 Å². The number of benzene rings is 1. The van der Waals surface area contributed by atoms with Gasteiger partial charge in [-0.15, -0.1) is 0 Å². The van der Waals surface area contributed by atoms with Crippen LogP contribution in [0.5, 0.6) is 0 Å². The zero-order chi connectivity index (χ0) is 19.0. The van der Waals surface area contributed by atoms with Crippen molar-refractivity contribution in [2.75, 3.05) is 11.9 Å². The van der Waals surface area contributed by atoms with Gasteiger partial charge in [-0.1, -0.05) is 29.8 Å². The Morgan fingerprint density at radius 3 is 2.58 bits per heavy atom. The number of imidazole rings is 1. The highest BCUT2D eigenvalue weighted by Gasteiger charge is 2.19. The van der Waals surface area contributed by atoms with Crippen LogP contribution in [0.25, 0.3) is 11.2 Å². The third-order valence-corrected chi connectivity index (χ3v) is 4.66. The number of fused-ring (bicyclic) bond motifs is 1. The first kappa shape index (κ1) is 18.2. The Labute approximate surface area is 154 Å². The average molecular weight is 378 g/mol. The molecule has 1 unspecified atom stereocenters. The van der Waals surface area contributed by atoms with Crippen LogP contribution in [0.2, 0.25) is 5.02 Å². The number of hydrogen-bond acceptors (Lipinski definition) is 5. The lowest BCUT2D eigenvalue weighted by molar-refractivity contribution is 0.281. The van der Waals surface area contributed by atoms with Crippen molar-refractivity contribution in [3.63, 3.8) is 0 Å². The molecule has 138 valence electrons. The van der Waals surface area contributed by atoms with E-state index in [1.807, 2.05) is 0 Å². The SMILES string of the molecule is CC(CO)Nc1nc2c(c(=O)n(Cc3ccccc3Cl)c(=O)n2C)n1C. The quantitative estimate of drug-likeness (QED) is 0.689. The highest BCUT2D eigenvalue weighted by molar-refractivity contribution is 6.31. The molecule has 0 aliphatic heterocycles. The van der Waals surface area contributed by atoms with E-state index in [2.05, 4.69) is 10.3 Å². The van der Waals surface area contributed by atoms with Crippen molar-refractivity contribution >= 4 is 28.7 Å².